The summed E-state index contributed by atoms with van der Waals surface area (Å²) in [6, 6.07) is 19.8. The molecule has 0 radical (unpaired) electrons. The SMILES string of the molecule is O=C(NCCCN1CCN(Cc2ccccc2)CC1)C(c1ccccc1)N1CCCCC1=O. The van der Waals surface area contributed by atoms with E-state index in [0.29, 0.717) is 19.5 Å². The molecule has 1 N–H and O–H groups in total. The minimum Gasteiger partial charge on any atom is -0.354 e. The predicted octanol–water partition coefficient (Wildman–Crippen LogP) is 3.06. The molecule has 2 heterocycles. The van der Waals surface area contributed by atoms with Crippen LogP contribution < -0.4 is 5.32 Å². The maximum atomic E-state index is 13.1. The molecule has 2 aliphatic rings. The average molecular weight is 449 g/mol. The van der Waals surface area contributed by atoms with E-state index in [0.717, 1.165) is 64.1 Å². The third kappa shape index (κ3) is 6.65. The Morgan fingerprint density at radius 1 is 0.848 bits per heavy atom. The minimum absolute atomic E-state index is 0.0656. The van der Waals surface area contributed by atoms with Gasteiger partial charge in [0.1, 0.15) is 6.04 Å². The van der Waals surface area contributed by atoms with Crippen molar-refractivity contribution in [2.45, 2.75) is 38.3 Å². The average Bonchev–Trinajstić information content (AvgIpc) is 2.85. The fraction of sp³-hybridized carbons (Fsp3) is 0.481. The van der Waals surface area contributed by atoms with Gasteiger partial charge in [0.05, 0.1) is 0 Å². The van der Waals surface area contributed by atoms with E-state index in [-0.39, 0.29) is 11.8 Å². The molecular weight excluding hydrogens is 412 g/mol. The van der Waals surface area contributed by atoms with Crippen molar-refractivity contribution in [3.05, 3.63) is 71.8 Å². The van der Waals surface area contributed by atoms with Crippen LogP contribution in [0.4, 0.5) is 0 Å². The van der Waals surface area contributed by atoms with Crippen molar-refractivity contribution >= 4 is 11.8 Å². The molecule has 1 unspecified atom stereocenters. The summed E-state index contributed by atoms with van der Waals surface area (Å²) in [5, 5.41) is 3.11. The second-order valence-electron chi connectivity index (χ2n) is 9.11. The van der Waals surface area contributed by atoms with Crippen molar-refractivity contribution < 1.29 is 9.59 Å². The van der Waals surface area contributed by atoms with Crippen LogP contribution in [0.25, 0.3) is 0 Å². The van der Waals surface area contributed by atoms with Crippen LogP contribution in [0.1, 0.15) is 42.9 Å². The highest BCUT2D eigenvalue weighted by atomic mass is 16.2. The Morgan fingerprint density at radius 3 is 2.21 bits per heavy atom. The number of carbonyl (C=O) groups is 2. The summed E-state index contributed by atoms with van der Waals surface area (Å²) in [6.45, 7) is 7.57. The Balaban J connectivity index is 1.21. The van der Waals surface area contributed by atoms with Gasteiger partial charge in [0.25, 0.3) is 0 Å². The Morgan fingerprint density at radius 2 is 1.52 bits per heavy atom. The molecule has 6 nitrogen and oxygen atoms in total. The number of likely N-dealkylation sites (tertiary alicyclic amines) is 1. The van der Waals surface area contributed by atoms with Crippen molar-refractivity contribution in [3.8, 4) is 0 Å². The lowest BCUT2D eigenvalue weighted by atomic mass is 10.0. The topological polar surface area (TPSA) is 55.9 Å². The van der Waals surface area contributed by atoms with Crippen molar-refractivity contribution in [2.75, 3.05) is 45.8 Å². The number of nitrogens with zero attached hydrogens (tertiary/aromatic N) is 3. The third-order valence-corrected chi connectivity index (χ3v) is 6.70. The van der Waals surface area contributed by atoms with Gasteiger partial charge in [-0.05, 0) is 36.9 Å². The fourth-order valence-electron chi connectivity index (χ4n) is 4.83. The molecule has 2 aliphatic heterocycles. The summed E-state index contributed by atoms with van der Waals surface area (Å²) in [6.07, 6.45) is 3.32. The third-order valence-electron chi connectivity index (χ3n) is 6.70. The lowest BCUT2D eigenvalue weighted by Crippen LogP contribution is -2.47. The molecule has 1 atom stereocenters. The van der Waals surface area contributed by atoms with E-state index in [2.05, 4.69) is 45.4 Å². The molecule has 2 amide bonds. The van der Waals surface area contributed by atoms with Gasteiger partial charge in [0, 0.05) is 52.2 Å². The van der Waals surface area contributed by atoms with Gasteiger partial charge in [-0.2, -0.15) is 0 Å². The molecule has 0 bridgehead atoms. The van der Waals surface area contributed by atoms with Crippen LogP contribution in [-0.4, -0.2) is 72.3 Å². The van der Waals surface area contributed by atoms with Crippen molar-refractivity contribution in [3.63, 3.8) is 0 Å². The number of hydrogen-bond donors (Lipinski definition) is 1. The van der Waals surface area contributed by atoms with E-state index < -0.39 is 6.04 Å². The first-order valence-electron chi connectivity index (χ1n) is 12.3. The van der Waals surface area contributed by atoms with Gasteiger partial charge in [-0.3, -0.25) is 14.5 Å². The second-order valence-corrected chi connectivity index (χ2v) is 9.11. The van der Waals surface area contributed by atoms with E-state index >= 15 is 0 Å². The van der Waals surface area contributed by atoms with Crippen LogP contribution in [0.5, 0.6) is 0 Å². The molecule has 176 valence electrons. The molecular formula is C27H36N4O2. The summed E-state index contributed by atoms with van der Waals surface area (Å²) in [5.74, 6) is 0.0164. The summed E-state index contributed by atoms with van der Waals surface area (Å²) in [5.41, 5.74) is 2.26. The van der Waals surface area contributed by atoms with Crippen LogP contribution in [-0.2, 0) is 16.1 Å². The smallest absolute Gasteiger partial charge is 0.247 e. The van der Waals surface area contributed by atoms with Crippen LogP contribution in [0.15, 0.2) is 60.7 Å². The van der Waals surface area contributed by atoms with Crippen molar-refractivity contribution in [1.82, 2.24) is 20.0 Å². The standard InChI is InChI=1S/C27H36N4O2/c32-25-14-7-8-17-31(25)26(24-12-5-2-6-13-24)27(33)28-15-9-16-29-18-20-30(21-19-29)22-23-10-3-1-4-11-23/h1-6,10-13,26H,7-9,14-22H2,(H,28,33). The van der Waals surface area contributed by atoms with Crippen molar-refractivity contribution in [1.29, 1.82) is 0 Å². The monoisotopic (exact) mass is 448 g/mol. The zero-order chi connectivity index (χ0) is 22.9. The molecule has 2 fully saturated rings. The fourth-order valence-corrected chi connectivity index (χ4v) is 4.83. The van der Waals surface area contributed by atoms with Crippen LogP contribution in [0.3, 0.4) is 0 Å². The molecule has 0 aromatic heterocycles. The molecule has 0 aliphatic carbocycles. The second kappa shape index (κ2) is 12.0. The zero-order valence-corrected chi connectivity index (χ0v) is 19.5. The number of piperidine rings is 1. The number of piperazine rings is 1. The number of carbonyl (C=O) groups excluding carboxylic acids is 2. The predicted molar refractivity (Wildman–Crippen MR) is 131 cm³/mol. The maximum absolute atomic E-state index is 13.1. The number of nitrogens with one attached hydrogen (secondary N) is 1. The van der Waals surface area contributed by atoms with Crippen LogP contribution in [0.2, 0.25) is 0 Å². The number of amides is 2. The number of hydrogen-bond acceptors (Lipinski definition) is 4. The van der Waals surface area contributed by atoms with Gasteiger partial charge in [-0.25, -0.2) is 0 Å². The Labute approximate surface area is 197 Å². The Hall–Kier alpha value is -2.70. The maximum Gasteiger partial charge on any atom is 0.247 e. The highest BCUT2D eigenvalue weighted by molar-refractivity contribution is 5.89. The minimum atomic E-state index is -0.527. The molecule has 0 spiro atoms. The largest absolute Gasteiger partial charge is 0.354 e. The summed E-state index contributed by atoms with van der Waals surface area (Å²) in [4.78, 5) is 32.4. The number of rotatable bonds is 9. The first-order valence-corrected chi connectivity index (χ1v) is 12.3. The highest BCUT2D eigenvalue weighted by Crippen LogP contribution is 2.25. The quantitative estimate of drug-likeness (QED) is 0.599. The first-order chi connectivity index (χ1) is 16.2. The van der Waals surface area contributed by atoms with Crippen LogP contribution in [0, 0.1) is 0 Å². The molecule has 6 heteroatoms. The van der Waals surface area contributed by atoms with Crippen molar-refractivity contribution in [2.24, 2.45) is 0 Å². The van der Waals surface area contributed by atoms with Gasteiger partial charge < -0.3 is 15.1 Å². The lowest BCUT2D eigenvalue weighted by Gasteiger charge is -2.35. The zero-order valence-electron chi connectivity index (χ0n) is 19.5. The van der Waals surface area contributed by atoms with Crippen LogP contribution >= 0.6 is 0 Å². The van der Waals surface area contributed by atoms with E-state index in [1.165, 1.54) is 5.56 Å². The molecule has 2 aromatic rings. The normalized spacial score (nSPS) is 18.8. The van der Waals surface area contributed by atoms with Gasteiger partial charge in [-0.1, -0.05) is 60.7 Å². The van der Waals surface area contributed by atoms with E-state index in [1.807, 2.05) is 30.3 Å². The molecule has 0 saturated carbocycles. The van der Waals surface area contributed by atoms with Gasteiger partial charge >= 0.3 is 0 Å². The van der Waals surface area contributed by atoms with Gasteiger partial charge in [0.15, 0.2) is 0 Å². The summed E-state index contributed by atoms with van der Waals surface area (Å²) < 4.78 is 0. The van der Waals surface area contributed by atoms with Gasteiger partial charge in [0.2, 0.25) is 11.8 Å². The molecule has 4 rings (SSSR count). The lowest BCUT2D eigenvalue weighted by molar-refractivity contribution is -0.142. The number of benzene rings is 2. The Bertz CT molecular complexity index is 882. The van der Waals surface area contributed by atoms with E-state index in [9.17, 15) is 9.59 Å². The first kappa shape index (κ1) is 23.5. The van der Waals surface area contributed by atoms with E-state index in [1.54, 1.807) is 4.90 Å². The molecule has 2 saturated heterocycles. The van der Waals surface area contributed by atoms with Gasteiger partial charge in [-0.15, -0.1) is 0 Å². The Kier molecular flexibility index (Phi) is 8.50. The summed E-state index contributed by atoms with van der Waals surface area (Å²) in [7, 11) is 0. The highest BCUT2D eigenvalue weighted by Gasteiger charge is 2.32. The molecule has 2 aromatic carbocycles. The summed E-state index contributed by atoms with van der Waals surface area (Å²) >= 11 is 0. The van der Waals surface area contributed by atoms with E-state index in [4.69, 9.17) is 0 Å². The molecule has 33 heavy (non-hydrogen) atoms.